The first kappa shape index (κ1) is 14.7. The van der Waals surface area contributed by atoms with Gasteiger partial charge in [0.1, 0.15) is 11.4 Å². The fourth-order valence-corrected chi connectivity index (χ4v) is 3.50. The normalized spacial score (nSPS) is 13.5. The van der Waals surface area contributed by atoms with Crippen LogP contribution in [-0.2, 0) is 13.1 Å². The summed E-state index contributed by atoms with van der Waals surface area (Å²) in [5.41, 5.74) is 6.24. The smallest absolute Gasteiger partial charge is 0.172 e. The van der Waals surface area contributed by atoms with Gasteiger partial charge in [-0.3, -0.25) is 5.10 Å². The Balaban J connectivity index is 1.59. The minimum absolute atomic E-state index is 0.0931. The highest BCUT2D eigenvalue weighted by atomic mass is 79.9. The van der Waals surface area contributed by atoms with Crippen LogP contribution in [0.3, 0.4) is 0 Å². The molecule has 0 bridgehead atoms. The average molecular weight is 396 g/mol. The van der Waals surface area contributed by atoms with E-state index in [9.17, 15) is 5.11 Å². The van der Waals surface area contributed by atoms with Crippen LogP contribution >= 0.6 is 15.9 Å². The number of benzene rings is 2. The fraction of sp³-hybridized carbons (Fsp3) is 0.111. The van der Waals surface area contributed by atoms with Crippen LogP contribution in [0.5, 0.6) is 5.75 Å². The van der Waals surface area contributed by atoms with Crippen molar-refractivity contribution >= 4 is 27.0 Å². The lowest BCUT2D eigenvalue weighted by Gasteiger charge is -1.98. The van der Waals surface area contributed by atoms with Crippen LogP contribution in [0.4, 0.5) is 0 Å². The molecule has 2 aromatic carbocycles. The lowest BCUT2D eigenvalue weighted by Crippen LogP contribution is -1.99. The molecule has 2 aromatic heterocycles. The van der Waals surface area contributed by atoms with Crippen LogP contribution in [0.2, 0.25) is 0 Å². The number of hydrogen-bond donors (Lipinski definition) is 4. The van der Waals surface area contributed by atoms with E-state index in [0.29, 0.717) is 17.2 Å². The molecule has 0 spiro atoms. The van der Waals surface area contributed by atoms with Crippen LogP contribution in [0.25, 0.3) is 33.8 Å². The van der Waals surface area contributed by atoms with E-state index in [4.69, 9.17) is 0 Å². The van der Waals surface area contributed by atoms with Gasteiger partial charge in [-0.05, 0) is 35.4 Å². The molecule has 0 fully saturated rings. The predicted molar refractivity (Wildman–Crippen MR) is 99.0 cm³/mol. The molecule has 0 unspecified atom stereocenters. The number of imidazole rings is 1. The first-order valence-electron chi connectivity index (χ1n) is 7.95. The van der Waals surface area contributed by atoms with Crippen molar-refractivity contribution in [3.8, 4) is 28.5 Å². The van der Waals surface area contributed by atoms with Crippen molar-refractivity contribution in [2.45, 2.75) is 13.1 Å². The van der Waals surface area contributed by atoms with E-state index in [1.807, 2.05) is 24.3 Å². The molecule has 0 atom stereocenters. The fourth-order valence-electron chi connectivity index (χ4n) is 3.23. The number of aromatic nitrogens is 4. The Morgan fingerprint density at radius 1 is 1.04 bits per heavy atom. The number of H-pyrrole nitrogens is 2. The summed E-state index contributed by atoms with van der Waals surface area (Å²) in [7, 11) is 0. The summed E-state index contributed by atoms with van der Waals surface area (Å²) in [4.78, 5) is 7.90. The molecule has 7 heteroatoms. The van der Waals surface area contributed by atoms with Crippen molar-refractivity contribution < 1.29 is 5.11 Å². The molecule has 0 amide bonds. The lowest BCUT2D eigenvalue weighted by molar-refractivity contribution is 0.479. The Bertz CT molecular complexity index is 1060. The molecular weight excluding hydrogens is 382 g/mol. The average Bonchev–Trinajstić information content (AvgIpc) is 3.30. The SMILES string of the molecule is Oc1c(-c2ccc(Br)cc2)n[nH]c1-c1nc2cc3c(cc2[nH]1)CNC3. The van der Waals surface area contributed by atoms with Crippen molar-refractivity contribution in [2.24, 2.45) is 0 Å². The van der Waals surface area contributed by atoms with E-state index in [1.54, 1.807) is 0 Å². The second-order valence-electron chi connectivity index (χ2n) is 6.13. The number of rotatable bonds is 2. The zero-order valence-corrected chi connectivity index (χ0v) is 14.7. The van der Waals surface area contributed by atoms with Crippen molar-refractivity contribution in [3.63, 3.8) is 0 Å². The number of halogens is 1. The number of hydrogen-bond acceptors (Lipinski definition) is 4. The van der Waals surface area contributed by atoms with E-state index in [-0.39, 0.29) is 5.75 Å². The largest absolute Gasteiger partial charge is 0.504 e. The maximum Gasteiger partial charge on any atom is 0.172 e. The van der Waals surface area contributed by atoms with Gasteiger partial charge in [-0.15, -0.1) is 0 Å². The van der Waals surface area contributed by atoms with Crippen molar-refractivity contribution in [3.05, 3.63) is 52.0 Å². The Kier molecular flexibility index (Phi) is 3.19. The molecule has 0 saturated heterocycles. The Hall–Kier alpha value is -2.64. The van der Waals surface area contributed by atoms with E-state index in [1.165, 1.54) is 11.1 Å². The topological polar surface area (TPSA) is 89.6 Å². The summed E-state index contributed by atoms with van der Waals surface area (Å²) in [6.45, 7) is 1.75. The van der Waals surface area contributed by atoms with Crippen LogP contribution in [0.15, 0.2) is 40.9 Å². The van der Waals surface area contributed by atoms with Gasteiger partial charge in [0.15, 0.2) is 11.6 Å². The molecule has 0 saturated carbocycles. The molecule has 5 rings (SSSR count). The van der Waals surface area contributed by atoms with Gasteiger partial charge in [-0.25, -0.2) is 4.98 Å². The Morgan fingerprint density at radius 2 is 1.80 bits per heavy atom. The minimum Gasteiger partial charge on any atom is -0.504 e. The molecule has 0 aliphatic carbocycles. The zero-order valence-electron chi connectivity index (χ0n) is 13.1. The van der Waals surface area contributed by atoms with Gasteiger partial charge >= 0.3 is 0 Å². The van der Waals surface area contributed by atoms with E-state index in [0.717, 1.165) is 34.2 Å². The second kappa shape index (κ2) is 5.44. The van der Waals surface area contributed by atoms with E-state index >= 15 is 0 Å². The van der Waals surface area contributed by atoms with E-state index < -0.39 is 0 Å². The summed E-state index contributed by atoms with van der Waals surface area (Å²) < 4.78 is 0.978. The van der Waals surface area contributed by atoms with Crippen LogP contribution in [-0.4, -0.2) is 25.3 Å². The van der Waals surface area contributed by atoms with Crippen molar-refractivity contribution in [1.29, 1.82) is 0 Å². The predicted octanol–water partition coefficient (Wildman–Crippen LogP) is 3.69. The number of nitrogens with one attached hydrogen (secondary N) is 3. The summed E-state index contributed by atoms with van der Waals surface area (Å²) in [6, 6.07) is 11.8. The Morgan fingerprint density at radius 3 is 2.60 bits per heavy atom. The third-order valence-electron chi connectivity index (χ3n) is 4.53. The summed E-state index contributed by atoms with van der Waals surface area (Å²) >= 11 is 3.41. The second-order valence-corrected chi connectivity index (χ2v) is 7.05. The summed E-state index contributed by atoms with van der Waals surface area (Å²) in [6.07, 6.45) is 0. The Labute approximate surface area is 151 Å². The quantitative estimate of drug-likeness (QED) is 0.416. The first-order chi connectivity index (χ1) is 12.2. The third kappa shape index (κ3) is 2.35. The van der Waals surface area contributed by atoms with Gasteiger partial charge in [-0.1, -0.05) is 28.1 Å². The van der Waals surface area contributed by atoms with Gasteiger partial charge in [0.2, 0.25) is 0 Å². The molecule has 4 N–H and O–H groups in total. The molecule has 4 aromatic rings. The summed E-state index contributed by atoms with van der Waals surface area (Å²) in [5.74, 6) is 0.676. The number of aromatic hydroxyl groups is 1. The highest BCUT2D eigenvalue weighted by Gasteiger charge is 2.19. The number of fused-ring (bicyclic) bond motifs is 2. The minimum atomic E-state index is 0.0931. The van der Waals surface area contributed by atoms with Gasteiger partial charge in [-0.2, -0.15) is 5.10 Å². The molecule has 0 radical (unpaired) electrons. The highest BCUT2D eigenvalue weighted by Crippen LogP contribution is 2.36. The van der Waals surface area contributed by atoms with Crippen molar-refractivity contribution in [1.82, 2.24) is 25.5 Å². The molecule has 3 heterocycles. The molecule has 25 heavy (non-hydrogen) atoms. The molecule has 1 aliphatic heterocycles. The van der Waals surface area contributed by atoms with Crippen LogP contribution < -0.4 is 5.32 Å². The van der Waals surface area contributed by atoms with E-state index in [2.05, 4.69) is 53.5 Å². The number of aromatic amines is 2. The standard InChI is InChI=1S/C18H14BrN5O/c19-12-3-1-9(2-4-12)15-17(25)16(24-23-15)18-21-13-5-10-7-20-8-11(10)6-14(13)22-18/h1-6,20,25H,7-8H2,(H,21,22)(H,23,24). The van der Waals surface area contributed by atoms with Crippen LogP contribution in [0.1, 0.15) is 11.1 Å². The van der Waals surface area contributed by atoms with Gasteiger partial charge < -0.3 is 15.4 Å². The summed E-state index contributed by atoms with van der Waals surface area (Å²) in [5, 5.41) is 21.1. The monoisotopic (exact) mass is 395 g/mol. The molecule has 6 nitrogen and oxygen atoms in total. The van der Waals surface area contributed by atoms with Crippen molar-refractivity contribution in [2.75, 3.05) is 0 Å². The first-order valence-corrected chi connectivity index (χ1v) is 8.74. The highest BCUT2D eigenvalue weighted by molar-refractivity contribution is 9.10. The maximum absolute atomic E-state index is 10.6. The maximum atomic E-state index is 10.6. The molecular formula is C18H14BrN5O. The number of nitrogens with zero attached hydrogens (tertiary/aromatic N) is 2. The van der Waals surface area contributed by atoms with Gasteiger partial charge in [0, 0.05) is 23.1 Å². The molecule has 1 aliphatic rings. The van der Waals surface area contributed by atoms with Gasteiger partial charge in [0.25, 0.3) is 0 Å². The van der Waals surface area contributed by atoms with Crippen LogP contribution in [0, 0.1) is 0 Å². The third-order valence-corrected chi connectivity index (χ3v) is 5.06. The molecule has 124 valence electrons. The zero-order chi connectivity index (χ0) is 17.0. The lowest BCUT2D eigenvalue weighted by atomic mass is 10.1. The van der Waals surface area contributed by atoms with Gasteiger partial charge in [0.05, 0.1) is 11.0 Å².